The molecule has 2 aromatic rings. The summed E-state index contributed by atoms with van der Waals surface area (Å²) in [6.07, 6.45) is 5.36. The van der Waals surface area contributed by atoms with Crippen LogP contribution in [-0.2, 0) is 17.9 Å². The Kier molecular flexibility index (Phi) is 6.24. The zero-order valence-corrected chi connectivity index (χ0v) is 20.1. The van der Waals surface area contributed by atoms with Crippen LogP contribution in [-0.4, -0.2) is 74.3 Å². The minimum Gasteiger partial charge on any atom is -0.396 e. The third-order valence-electron chi connectivity index (χ3n) is 7.59. The van der Waals surface area contributed by atoms with Gasteiger partial charge in [-0.25, -0.2) is 15.1 Å². The van der Waals surface area contributed by atoms with Gasteiger partial charge in [-0.2, -0.15) is 5.10 Å². The van der Waals surface area contributed by atoms with Gasteiger partial charge in [-0.3, -0.25) is 14.7 Å². The van der Waals surface area contributed by atoms with Crippen LogP contribution in [0.1, 0.15) is 48.0 Å². The third kappa shape index (κ3) is 4.19. The topological polar surface area (TPSA) is 98.9 Å². The average molecular weight is 492 g/mol. The quantitative estimate of drug-likeness (QED) is 0.572. The van der Waals surface area contributed by atoms with Crippen molar-refractivity contribution in [2.24, 2.45) is 4.99 Å². The predicted octanol–water partition coefficient (Wildman–Crippen LogP) is 2.05. The molecule has 1 aliphatic carbocycles. The maximum absolute atomic E-state index is 14.8. The lowest BCUT2D eigenvalue weighted by Gasteiger charge is -2.39. The van der Waals surface area contributed by atoms with E-state index in [2.05, 4.69) is 44.7 Å². The van der Waals surface area contributed by atoms with Gasteiger partial charge in [0.05, 0.1) is 11.6 Å². The highest BCUT2D eigenvalue weighted by Gasteiger charge is 2.44. The fourth-order valence-corrected chi connectivity index (χ4v) is 5.69. The van der Waals surface area contributed by atoms with Crippen molar-refractivity contribution in [2.45, 2.75) is 44.2 Å². The number of aliphatic hydroxyl groups is 1. The number of aryl methyl sites for hydroxylation is 1. The standard InChI is InChI=1S/C26H30FN7O2/c27-34-22-12-20(36)14-28-25-23(22)19(13-30-34)11-21(24(25)26-29-16-31-33(26)9-2-10-35)18-5-3-17(4-6-18)15-32-7-1-8-32/h3-6,12,16,21,24,30,35H,1-2,7-11,13-15H2. The normalized spacial score (nSPS) is 24.2. The molecule has 188 valence electrons. The molecule has 9 nitrogen and oxygen atoms in total. The molecule has 0 saturated carbocycles. The lowest BCUT2D eigenvalue weighted by Crippen LogP contribution is -2.43. The van der Waals surface area contributed by atoms with E-state index in [0.29, 0.717) is 42.4 Å². The van der Waals surface area contributed by atoms with Gasteiger partial charge in [0.15, 0.2) is 5.78 Å². The number of benzene rings is 1. The maximum Gasteiger partial charge on any atom is 0.179 e. The van der Waals surface area contributed by atoms with Gasteiger partial charge in [0.1, 0.15) is 24.4 Å². The Balaban J connectivity index is 1.44. The van der Waals surface area contributed by atoms with Crippen LogP contribution in [0, 0.1) is 0 Å². The number of hydrogen-bond acceptors (Lipinski definition) is 8. The number of ketones is 1. The highest BCUT2D eigenvalue weighted by molar-refractivity contribution is 6.13. The maximum atomic E-state index is 14.8. The first-order valence-electron chi connectivity index (χ1n) is 12.6. The Morgan fingerprint density at radius 1 is 1.19 bits per heavy atom. The zero-order chi connectivity index (χ0) is 24.6. The molecule has 2 N–H and O–H groups in total. The molecule has 2 unspecified atom stereocenters. The number of carbonyl (C=O) groups is 1. The summed E-state index contributed by atoms with van der Waals surface area (Å²) in [7, 11) is 0. The number of allylic oxidation sites excluding steroid dienone is 1. The second-order valence-electron chi connectivity index (χ2n) is 9.87. The van der Waals surface area contributed by atoms with Gasteiger partial charge in [-0.15, -0.1) is 5.23 Å². The minimum absolute atomic E-state index is 0.0000451. The van der Waals surface area contributed by atoms with Crippen molar-refractivity contribution in [1.29, 1.82) is 0 Å². The number of hydrazine groups is 1. The molecule has 0 amide bonds. The van der Waals surface area contributed by atoms with E-state index in [9.17, 15) is 14.4 Å². The van der Waals surface area contributed by atoms with Gasteiger partial charge >= 0.3 is 0 Å². The number of likely N-dealkylation sites (tertiary alicyclic amines) is 1. The van der Waals surface area contributed by atoms with Gasteiger partial charge in [-0.1, -0.05) is 28.7 Å². The summed E-state index contributed by atoms with van der Waals surface area (Å²) < 4.78 is 16.7. The highest BCUT2D eigenvalue weighted by Crippen LogP contribution is 2.47. The number of aliphatic hydroxyl groups excluding tert-OH is 1. The Morgan fingerprint density at radius 2 is 2.03 bits per heavy atom. The molecule has 3 aliphatic heterocycles. The number of nitrogens with zero attached hydrogens (tertiary/aromatic N) is 6. The Hall–Kier alpha value is -3.21. The highest BCUT2D eigenvalue weighted by atomic mass is 19.2. The molecule has 1 aromatic heterocycles. The molecule has 0 bridgehead atoms. The largest absolute Gasteiger partial charge is 0.396 e. The van der Waals surface area contributed by atoms with Crippen molar-refractivity contribution in [3.8, 4) is 0 Å². The molecule has 36 heavy (non-hydrogen) atoms. The molecule has 1 fully saturated rings. The van der Waals surface area contributed by atoms with Crippen LogP contribution in [0.3, 0.4) is 0 Å². The summed E-state index contributed by atoms with van der Waals surface area (Å²) in [5.41, 5.74) is 7.84. The summed E-state index contributed by atoms with van der Waals surface area (Å²) >= 11 is 0. The minimum atomic E-state index is -0.299. The first-order chi connectivity index (χ1) is 17.6. The molecule has 0 spiro atoms. The first-order valence-corrected chi connectivity index (χ1v) is 12.6. The number of hydrogen-bond donors (Lipinski definition) is 2. The van der Waals surface area contributed by atoms with E-state index in [4.69, 9.17) is 4.99 Å². The predicted molar refractivity (Wildman–Crippen MR) is 132 cm³/mol. The van der Waals surface area contributed by atoms with E-state index in [1.807, 2.05) is 4.68 Å². The molecular formula is C26H30FN7O2. The molecular weight excluding hydrogens is 461 g/mol. The van der Waals surface area contributed by atoms with E-state index in [1.165, 1.54) is 24.4 Å². The van der Waals surface area contributed by atoms with Gasteiger partial charge in [-0.05, 0) is 49.1 Å². The molecule has 2 atom stereocenters. The Morgan fingerprint density at radius 3 is 2.78 bits per heavy atom. The van der Waals surface area contributed by atoms with Crippen molar-refractivity contribution >= 4 is 11.5 Å². The number of rotatable bonds is 7. The van der Waals surface area contributed by atoms with E-state index in [-0.39, 0.29) is 36.5 Å². The van der Waals surface area contributed by atoms with Crippen LogP contribution in [0.4, 0.5) is 4.48 Å². The van der Waals surface area contributed by atoms with Gasteiger partial charge < -0.3 is 5.11 Å². The van der Waals surface area contributed by atoms with Gasteiger partial charge in [0, 0.05) is 43.8 Å². The summed E-state index contributed by atoms with van der Waals surface area (Å²) in [5, 5.41) is 14.3. The average Bonchev–Trinajstić information content (AvgIpc) is 3.25. The second-order valence-corrected chi connectivity index (χ2v) is 9.87. The van der Waals surface area contributed by atoms with Crippen LogP contribution in [0.2, 0.25) is 0 Å². The fourth-order valence-electron chi connectivity index (χ4n) is 5.69. The van der Waals surface area contributed by atoms with Crippen molar-refractivity contribution in [1.82, 2.24) is 30.3 Å². The second kappa shape index (κ2) is 9.68. The van der Waals surface area contributed by atoms with Crippen LogP contribution in [0.25, 0.3) is 0 Å². The van der Waals surface area contributed by atoms with Crippen molar-refractivity contribution in [3.05, 3.63) is 70.5 Å². The summed E-state index contributed by atoms with van der Waals surface area (Å²) in [6, 6.07) is 8.75. The van der Waals surface area contributed by atoms with Crippen molar-refractivity contribution in [2.75, 3.05) is 32.8 Å². The van der Waals surface area contributed by atoms with E-state index >= 15 is 0 Å². The van der Waals surface area contributed by atoms with Crippen LogP contribution < -0.4 is 5.43 Å². The molecule has 1 saturated heterocycles. The number of aliphatic imine (C=N–C) groups is 1. The summed E-state index contributed by atoms with van der Waals surface area (Å²) in [5.74, 6) is 0.186. The summed E-state index contributed by atoms with van der Waals surface area (Å²) in [6.45, 7) is 4.14. The summed E-state index contributed by atoms with van der Waals surface area (Å²) in [4.78, 5) is 24.3. The van der Waals surface area contributed by atoms with Crippen LogP contribution >= 0.6 is 0 Å². The molecule has 6 rings (SSSR count). The number of carbonyl (C=O) groups excluding carboxylic acids is 1. The number of aromatic nitrogens is 3. The van der Waals surface area contributed by atoms with Crippen molar-refractivity contribution < 1.29 is 14.4 Å². The first kappa shape index (κ1) is 23.2. The van der Waals surface area contributed by atoms with Gasteiger partial charge in [0.25, 0.3) is 0 Å². The smallest absolute Gasteiger partial charge is 0.179 e. The van der Waals surface area contributed by atoms with E-state index < -0.39 is 0 Å². The molecule has 1 aromatic carbocycles. The Bertz CT molecular complexity index is 1250. The van der Waals surface area contributed by atoms with Crippen LogP contribution in [0.5, 0.6) is 0 Å². The third-order valence-corrected chi connectivity index (χ3v) is 7.59. The Labute approximate surface area is 208 Å². The molecule has 4 aliphatic rings. The number of halogens is 1. The van der Waals surface area contributed by atoms with Crippen LogP contribution in [0.15, 0.2) is 58.5 Å². The zero-order valence-electron chi connectivity index (χ0n) is 20.1. The van der Waals surface area contributed by atoms with E-state index in [0.717, 1.165) is 36.6 Å². The van der Waals surface area contributed by atoms with E-state index in [1.54, 1.807) is 0 Å². The molecule has 10 heteroatoms. The fraction of sp³-hybridized carbons (Fsp3) is 0.462. The lowest BCUT2D eigenvalue weighted by molar-refractivity contribution is -0.113. The molecule has 4 heterocycles. The monoisotopic (exact) mass is 491 g/mol. The SMILES string of the molecule is O=C1C=C2C3=C(CNN2F)CC(c2ccc(CN4CCC4)cc2)C(c2ncnn2CCCO)C3=NC1. The molecule has 0 radical (unpaired) electrons. The number of nitrogens with one attached hydrogen (secondary N) is 1. The van der Waals surface area contributed by atoms with Gasteiger partial charge in [0.2, 0.25) is 0 Å². The lowest BCUT2D eigenvalue weighted by atomic mass is 9.69. The van der Waals surface area contributed by atoms with Crippen molar-refractivity contribution in [3.63, 3.8) is 0 Å².